The predicted octanol–water partition coefficient (Wildman–Crippen LogP) is 10.5. The summed E-state index contributed by atoms with van der Waals surface area (Å²) in [5.74, 6) is -1.81. The van der Waals surface area contributed by atoms with Crippen LogP contribution in [0.25, 0.3) is 0 Å². The van der Waals surface area contributed by atoms with Gasteiger partial charge in [0.25, 0.3) is 0 Å². The maximum atomic E-state index is 10.2. The first-order valence-corrected chi connectivity index (χ1v) is 19.8. The molecule has 5 nitrogen and oxygen atoms in total. The van der Waals surface area contributed by atoms with Crippen molar-refractivity contribution in [2.75, 3.05) is 6.54 Å². The van der Waals surface area contributed by atoms with Crippen molar-refractivity contribution in [3.05, 3.63) is 12.3 Å². The van der Waals surface area contributed by atoms with Gasteiger partial charge in [-0.2, -0.15) is 0 Å². The first kappa shape index (κ1) is 53.3. The first-order chi connectivity index (χ1) is 22.0. The van der Waals surface area contributed by atoms with Gasteiger partial charge >= 0.3 is 23.1 Å². The van der Waals surface area contributed by atoms with Crippen molar-refractivity contribution in [3.8, 4) is 0 Å². The third-order valence-corrected chi connectivity index (χ3v) is 8.66. The molecular weight excluding hydrogens is 618 g/mol. The minimum Gasteiger partial charge on any atom is -0.550 e. The summed E-state index contributed by atoms with van der Waals surface area (Å²) in [6, 6.07) is 0. The molecule has 0 aromatic carbocycles. The topological polar surface area (TPSA) is 92.3 Å². The second-order valence-corrected chi connectivity index (χ2v) is 13.3. The Morgan fingerprint density at radius 3 is 0.851 bits per heavy atom. The van der Waals surface area contributed by atoms with Crippen molar-refractivity contribution in [2.24, 2.45) is 0 Å². The molecular formula is C40H78ClMgNO4. The molecule has 0 radical (unpaired) electrons. The molecule has 0 aliphatic carbocycles. The molecule has 0 atom stereocenters. The average Bonchev–Trinajstić information content (AvgIpc) is 3.62. The first-order valence-electron chi connectivity index (χ1n) is 19.8. The Bertz CT molecular complexity index is 571. The fourth-order valence-electron chi connectivity index (χ4n) is 5.70. The molecule has 1 N–H and O–H groups in total. The van der Waals surface area contributed by atoms with E-state index in [1.54, 1.807) is 0 Å². The number of rotatable bonds is 32. The zero-order valence-electron chi connectivity index (χ0n) is 31.4. The number of carboxylic acid groups (broad SMARTS) is 2. The number of carboxylic acids is 2. The van der Waals surface area contributed by atoms with E-state index in [0.29, 0.717) is 0 Å². The number of carbonyl (C=O) groups is 2. The van der Waals surface area contributed by atoms with Gasteiger partial charge in [0.2, 0.25) is 0 Å². The van der Waals surface area contributed by atoms with Crippen LogP contribution in [0.1, 0.15) is 226 Å². The molecule has 0 saturated heterocycles. The summed E-state index contributed by atoms with van der Waals surface area (Å²) >= 11 is 0. The van der Waals surface area contributed by atoms with Crippen LogP contribution in [0.4, 0.5) is 0 Å². The standard InChI is InChI=1S/2C18H36O2.C4H7N.ClH.Mg/c2*1-2-3-4-5-6-7-8-9-10-11-12-13-14-15-16-17-18(19)20;1-2-4-5-3-1;;/h2*2-17H2,1H3,(H,19,20);1,3,5H,2,4H2;1H;/q;;;;+2/p-2. The number of hydrogen-bond acceptors (Lipinski definition) is 5. The predicted molar refractivity (Wildman–Crippen MR) is 204 cm³/mol. The van der Waals surface area contributed by atoms with Crippen LogP contribution in [0.15, 0.2) is 12.3 Å². The van der Waals surface area contributed by atoms with Crippen LogP contribution in [-0.4, -0.2) is 41.5 Å². The normalized spacial score (nSPS) is 11.3. The zero-order chi connectivity index (χ0) is 33.3. The fourth-order valence-corrected chi connectivity index (χ4v) is 5.70. The molecule has 276 valence electrons. The molecule has 0 unspecified atom stereocenters. The molecule has 7 heteroatoms. The van der Waals surface area contributed by atoms with Gasteiger partial charge in [0.15, 0.2) is 0 Å². The number of aliphatic carboxylic acids is 2. The molecule has 1 aliphatic rings. The molecule has 0 fully saturated rings. The number of nitrogens with one attached hydrogen (secondary N) is 1. The maximum absolute atomic E-state index is 10.2. The Morgan fingerprint density at radius 1 is 0.468 bits per heavy atom. The summed E-state index contributed by atoms with van der Waals surface area (Å²) in [5.41, 5.74) is 0. The van der Waals surface area contributed by atoms with Crippen LogP contribution >= 0.6 is 12.4 Å². The van der Waals surface area contributed by atoms with Crippen molar-refractivity contribution in [1.82, 2.24) is 5.32 Å². The third kappa shape index (κ3) is 58.1. The Labute approximate surface area is 315 Å². The SMILES string of the molecule is C1=CNCC1.CCCCCCCCCCCCCCCCCC(=O)[O-].CCCCCCCCCCCCCCCCCC(=O)[O-].Cl.[Mg+2]. The van der Waals surface area contributed by atoms with E-state index in [4.69, 9.17) is 0 Å². The largest absolute Gasteiger partial charge is 2.00 e. The van der Waals surface area contributed by atoms with Gasteiger partial charge < -0.3 is 25.1 Å². The summed E-state index contributed by atoms with van der Waals surface area (Å²) < 4.78 is 0. The Morgan fingerprint density at radius 2 is 0.702 bits per heavy atom. The summed E-state index contributed by atoms with van der Waals surface area (Å²) in [7, 11) is 0. The van der Waals surface area contributed by atoms with Crippen molar-refractivity contribution in [2.45, 2.75) is 226 Å². The van der Waals surface area contributed by atoms with Crippen molar-refractivity contribution >= 4 is 47.4 Å². The Kier molecular flexibility index (Phi) is 56.6. The van der Waals surface area contributed by atoms with E-state index in [2.05, 4.69) is 25.2 Å². The molecule has 0 amide bonds. The number of unbranched alkanes of at least 4 members (excludes halogenated alkanes) is 28. The van der Waals surface area contributed by atoms with Gasteiger partial charge in [-0.15, -0.1) is 12.4 Å². The quantitative estimate of drug-likeness (QED) is 0.0558. The summed E-state index contributed by atoms with van der Waals surface area (Å²) in [6.45, 7) is 5.67. The third-order valence-electron chi connectivity index (χ3n) is 8.66. The van der Waals surface area contributed by atoms with E-state index in [-0.39, 0.29) is 48.3 Å². The van der Waals surface area contributed by atoms with Gasteiger partial charge in [-0.3, -0.25) is 0 Å². The summed E-state index contributed by atoms with van der Waals surface area (Å²) in [6.07, 6.45) is 45.0. The smallest absolute Gasteiger partial charge is 0.550 e. The monoisotopic (exact) mass is 696 g/mol. The van der Waals surface area contributed by atoms with Gasteiger partial charge in [-0.05, 0) is 38.3 Å². The van der Waals surface area contributed by atoms with Crippen LogP contribution in [0.2, 0.25) is 0 Å². The van der Waals surface area contributed by atoms with Crippen LogP contribution in [0.3, 0.4) is 0 Å². The number of carbonyl (C=O) groups excluding carboxylic acids is 2. The van der Waals surface area contributed by atoms with E-state index in [1.165, 1.54) is 173 Å². The van der Waals surface area contributed by atoms with Gasteiger partial charge in [0.05, 0.1) is 0 Å². The fraction of sp³-hybridized carbons (Fsp3) is 0.900. The van der Waals surface area contributed by atoms with E-state index >= 15 is 0 Å². The van der Waals surface area contributed by atoms with Crippen LogP contribution in [0.5, 0.6) is 0 Å². The van der Waals surface area contributed by atoms with Gasteiger partial charge in [0.1, 0.15) is 0 Å². The second-order valence-electron chi connectivity index (χ2n) is 13.3. The van der Waals surface area contributed by atoms with E-state index < -0.39 is 11.9 Å². The Balaban J connectivity index is -0.000000328. The molecule has 0 bridgehead atoms. The van der Waals surface area contributed by atoms with Crippen molar-refractivity contribution in [1.29, 1.82) is 0 Å². The van der Waals surface area contributed by atoms with Crippen molar-refractivity contribution in [3.63, 3.8) is 0 Å². The minimum absolute atomic E-state index is 0. The van der Waals surface area contributed by atoms with Gasteiger partial charge in [0, 0.05) is 18.5 Å². The molecule has 1 aliphatic heterocycles. The second kappa shape index (κ2) is 49.9. The van der Waals surface area contributed by atoms with Crippen LogP contribution in [-0.2, 0) is 9.59 Å². The van der Waals surface area contributed by atoms with E-state index in [1.807, 2.05) is 6.20 Å². The number of hydrogen-bond donors (Lipinski definition) is 1. The number of halogens is 1. The molecule has 0 saturated carbocycles. The zero-order valence-corrected chi connectivity index (χ0v) is 33.7. The Hall–Kier alpha value is -0.464. The van der Waals surface area contributed by atoms with E-state index in [0.717, 1.165) is 32.2 Å². The van der Waals surface area contributed by atoms with E-state index in [9.17, 15) is 19.8 Å². The summed E-state index contributed by atoms with van der Waals surface area (Å²) in [4.78, 5) is 20.4. The van der Waals surface area contributed by atoms with Crippen LogP contribution < -0.4 is 15.5 Å². The minimum atomic E-state index is -0.903. The molecule has 1 heterocycles. The molecule has 0 spiro atoms. The van der Waals surface area contributed by atoms with Gasteiger partial charge in [-0.25, -0.2) is 0 Å². The molecule has 0 aromatic rings. The average molecular weight is 697 g/mol. The van der Waals surface area contributed by atoms with Gasteiger partial charge in [-0.1, -0.05) is 200 Å². The molecule has 47 heavy (non-hydrogen) atoms. The maximum Gasteiger partial charge on any atom is 2.00 e. The molecule has 1 rings (SSSR count). The van der Waals surface area contributed by atoms with Crippen molar-refractivity contribution < 1.29 is 19.8 Å². The summed E-state index contributed by atoms with van der Waals surface area (Å²) in [5, 5.41) is 23.5. The van der Waals surface area contributed by atoms with Crippen LogP contribution in [0, 0.1) is 0 Å². The molecule has 0 aromatic heterocycles.